The first-order valence-electron chi connectivity index (χ1n) is 10.3. The monoisotopic (exact) mass is 514 g/mol. The Morgan fingerprint density at radius 1 is 0.943 bits per heavy atom. The molecule has 8 nitrogen and oxygen atoms in total. The molecule has 0 heterocycles. The molecule has 0 unspecified atom stereocenters. The molecule has 2 rings (SSSR count). The molecule has 0 aliphatic rings. The van der Waals surface area contributed by atoms with Gasteiger partial charge in [0.15, 0.2) is 6.61 Å². The lowest BCUT2D eigenvalue weighted by molar-refractivity contribution is -0.147. The van der Waals surface area contributed by atoms with E-state index in [4.69, 9.17) is 21.1 Å². The fourth-order valence-electron chi connectivity index (χ4n) is 2.61. The number of anilines is 2. The average Bonchev–Trinajstić information content (AvgIpc) is 2.77. The summed E-state index contributed by atoms with van der Waals surface area (Å²) in [6, 6.07) is 8.35. The second-order valence-corrected chi connectivity index (χ2v) is 7.89. The van der Waals surface area contributed by atoms with E-state index in [1.54, 1.807) is 13.8 Å². The molecule has 188 valence electrons. The minimum Gasteiger partial charge on any atom is -0.459 e. The summed E-state index contributed by atoms with van der Waals surface area (Å²) in [6.07, 6.45) is -5.50. The Morgan fingerprint density at radius 2 is 1.60 bits per heavy atom. The van der Waals surface area contributed by atoms with Gasteiger partial charge in [0.25, 0.3) is 5.91 Å². The van der Waals surface area contributed by atoms with Crippen molar-refractivity contribution in [2.75, 3.05) is 17.2 Å². The number of hydrogen-bond donors (Lipinski definition) is 2. The van der Waals surface area contributed by atoms with Gasteiger partial charge in [-0.05, 0) is 56.3 Å². The molecule has 0 radical (unpaired) electrons. The van der Waals surface area contributed by atoms with Crippen LogP contribution in [0.4, 0.5) is 24.5 Å². The van der Waals surface area contributed by atoms with Gasteiger partial charge in [-0.25, -0.2) is 4.79 Å². The Labute approximate surface area is 203 Å². The zero-order valence-electron chi connectivity index (χ0n) is 18.7. The van der Waals surface area contributed by atoms with E-state index in [2.05, 4.69) is 10.6 Å². The Hall–Kier alpha value is -3.60. The van der Waals surface area contributed by atoms with Gasteiger partial charge in [0.05, 0.1) is 34.4 Å². The van der Waals surface area contributed by atoms with Gasteiger partial charge in [-0.2, -0.15) is 13.2 Å². The van der Waals surface area contributed by atoms with E-state index in [0.717, 1.165) is 12.1 Å². The predicted octanol–water partition coefficient (Wildman–Crippen LogP) is 4.82. The van der Waals surface area contributed by atoms with E-state index in [1.807, 2.05) is 0 Å². The number of rotatable bonds is 9. The zero-order valence-corrected chi connectivity index (χ0v) is 19.5. The summed E-state index contributed by atoms with van der Waals surface area (Å²) >= 11 is 5.79. The van der Waals surface area contributed by atoms with E-state index < -0.39 is 42.1 Å². The summed E-state index contributed by atoms with van der Waals surface area (Å²) in [5, 5.41) is 4.55. The summed E-state index contributed by atoms with van der Waals surface area (Å²) in [5.41, 5.74) is -0.595. The lowest BCUT2D eigenvalue weighted by atomic mass is 10.2. The summed E-state index contributed by atoms with van der Waals surface area (Å²) in [5.74, 6) is -2.78. The fraction of sp³-hybridized carbons (Fsp3) is 0.304. The quantitative estimate of drug-likeness (QED) is 0.464. The highest BCUT2D eigenvalue weighted by Crippen LogP contribution is 2.33. The maximum atomic E-state index is 12.8. The van der Waals surface area contributed by atoms with Crippen LogP contribution in [0.2, 0.25) is 5.02 Å². The zero-order chi connectivity index (χ0) is 26.2. The number of carbonyl (C=O) groups excluding carboxylic acids is 4. The number of halogens is 4. The predicted molar refractivity (Wildman–Crippen MR) is 121 cm³/mol. The first-order valence-corrected chi connectivity index (χ1v) is 10.7. The van der Waals surface area contributed by atoms with Crippen molar-refractivity contribution in [1.29, 1.82) is 0 Å². The third-order valence-electron chi connectivity index (χ3n) is 4.24. The highest BCUT2D eigenvalue weighted by atomic mass is 35.5. The lowest BCUT2D eigenvalue weighted by Gasteiger charge is -2.12. The topological polar surface area (TPSA) is 111 Å². The Balaban J connectivity index is 1.76. The number of benzene rings is 2. The molecule has 0 aliphatic heterocycles. The van der Waals surface area contributed by atoms with Crippen LogP contribution in [0, 0.1) is 0 Å². The number of alkyl halides is 3. The maximum Gasteiger partial charge on any atom is 0.416 e. The molecule has 0 aromatic heterocycles. The lowest BCUT2D eigenvalue weighted by Crippen LogP contribution is -2.22. The van der Waals surface area contributed by atoms with E-state index in [1.165, 1.54) is 24.3 Å². The molecule has 2 aromatic carbocycles. The highest BCUT2D eigenvalue weighted by Gasteiger charge is 2.31. The maximum absolute atomic E-state index is 12.8. The fourth-order valence-corrected chi connectivity index (χ4v) is 2.78. The molecular formula is C23H22ClF3N2O6. The van der Waals surface area contributed by atoms with E-state index in [0.29, 0.717) is 17.3 Å². The van der Waals surface area contributed by atoms with Gasteiger partial charge < -0.3 is 20.1 Å². The van der Waals surface area contributed by atoms with Gasteiger partial charge in [-0.1, -0.05) is 11.6 Å². The third-order valence-corrected chi connectivity index (χ3v) is 4.56. The van der Waals surface area contributed by atoms with E-state index in [9.17, 15) is 32.3 Å². The van der Waals surface area contributed by atoms with E-state index in [-0.39, 0.29) is 29.7 Å². The number of amides is 2. The Morgan fingerprint density at radius 3 is 2.20 bits per heavy atom. The first kappa shape index (κ1) is 27.6. The second-order valence-electron chi connectivity index (χ2n) is 7.48. The molecule has 0 fully saturated rings. The summed E-state index contributed by atoms with van der Waals surface area (Å²) in [4.78, 5) is 47.5. The number of nitrogens with one attached hydrogen (secondary N) is 2. The third kappa shape index (κ3) is 9.28. The van der Waals surface area contributed by atoms with Crippen molar-refractivity contribution in [3.05, 3.63) is 58.6 Å². The van der Waals surface area contributed by atoms with Crippen LogP contribution in [-0.2, 0) is 30.0 Å². The summed E-state index contributed by atoms with van der Waals surface area (Å²) in [7, 11) is 0. The largest absolute Gasteiger partial charge is 0.459 e. The summed E-state index contributed by atoms with van der Waals surface area (Å²) < 4.78 is 48.2. The van der Waals surface area contributed by atoms with Crippen LogP contribution < -0.4 is 10.6 Å². The molecule has 2 N–H and O–H groups in total. The van der Waals surface area contributed by atoms with Gasteiger partial charge in [0, 0.05) is 12.1 Å². The molecule has 0 spiro atoms. The van der Waals surface area contributed by atoms with Gasteiger partial charge >= 0.3 is 18.1 Å². The molecule has 2 amide bonds. The molecular weight excluding hydrogens is 493 g/mol. The summed E-state index contributed by atoms with van der Waals surface area (Å²) in [6.45, 7) is 2.66. The van der Waals surface area contributed by atoms with Crippen molar-refractivity contribution in [2.45, 2.75) is 39.0 Å². The molecule has 0 bridgehead atoms. The molecule has 12 heteroatoms. The van der Waals surface area contributed by atoms with Gasteiger partial charge in [-0.3, -0.25) is 14.4 Å². The normalized spacial score (nSPS) is 11.1. The second kappa shape index (κ2) is 12.2. The first-order chi connectivity index (χ1) is 16.3. The minimum atomic E-state index is -4.63. The Kier molecular flexibility index (Phi) is 9.64. The van der Waals surface area contributed by atoms with Crippen molar-refractivity contribution < 1.29 is 41.8 Å². The van der Waals surface area contributed by atoms with Crippen LogP contribution in [0.3, 0.4) is 0 Å². The molecule has 2 aromatic rings. The van der Waals surface area contributed by atoms with Gasteiger partial charge in [0.2, 0.25) is 5.91 Å². The Bertz CT molecular complexity index is 1090. The molecule has 0 aliphatic carbocycles. The average molecular weight is 515 g/mol. The van der Waals surface area contributed by atoms with Crippen LogP contribution in [0.5, 0.6) is 0 Å². The van der Waals surface area contributed by atoms with E-state index >= 15 is 0 Å². The van der Waals surface area contributed by atoms with Crippen LogP contribution in [0.25, 0.3) is 0 Å². The molecule has 35 heavy (non-hydrogen) atoms. The standard InChI is InChI=1S/C23H22ClF3N2O6/c1-13(2)35-22(33)14-3-6-16(7-4-14)28-19(30)9-10-21(32)34-12-20(31)29-18-11-15(23(25,26)27)5-8-17(18)24/h3-8,11,13H,9-10,12H2,1-2H3,(H,28,30)(H,29,31). The van der Waals surface area contributed by atoms with Gasteiger partial charge in [0.1, 0.15) is 0 Å². The number of ether oxygens (including phenoxy) is 2. The highest BCUT2D eigenvalue weighted by molar-refractivity contribution is 6.33. The molecule has 0 saturated carbocycles. The van der Waals surface area contributed by atoms with Crippen LogP contribution in [0.1, 0.15) is 42.6 Å². The van der Waals surface area contributed by atoms with Crippen molar-refractivity contribution in [3.8, 4) is 0 Å². The van der Waals surface area contributed by atoms with Crippen molar-refractivity contribution in [1.82, 2.24) is 0 Å². The van der Waals surface area contributed by atoms with Gasteiger partial charge in [-0.15, -0.1) is 0 Å². The molecule has 0 saturated heterocycles. The number of esters is 2. The number of hydrogen-bond acceptors (Lipinski definition) is 6. The smallest absolute Gasteiger partial charge is 0.416 e. The number of carbonyl (C=O) groups is 4. The SMILES string of the molecule is CC(C)OC(=O)c1ccc(NC(=O)CCC(=O)OCC(=O)Nc2cc(C(F)(F)F)ccc2Cl)cc1. The molecule has 0 atom stereocenters. The van der Waals surface area contributed by atoms with Crippen molar-refractivity contribution in [3.63, 3.8) is 0 Å². The van der Waals surface area contributed by atoms with Crippen molar-refractivity contribution in [2.24, 2.45) is 0 Å². The minimum absolute atomic E-state index is 0.126. The van der Waals surface area contributed by atoms with Crippen molar-refractivity contribution >= 4 is 46.7 Å². The van der Waals surface area contributed by atoms with Crippen LogP contribution in [-0.4, -0.2) is 36.5 Å². The van der Waals surface area contributed by atoms with Crippen LogP contribution in [0.15, 0.2) is 42.5 Å². The van der Waals surface area contributed by atoms with Crippen LogP contribution >= 0.6 is 11.6 Å².